The lowest BCUT2D eigenvalue weighted by Crippen LogP contribution is -2.22. The second kappa shape index (κ2) is 7.81. The summed E-state index contributed by atoms with van der Waals surface area (Å²) in [6, 6.07) is 19.4. The molecule has 0 aliphatic carbocycles. The molecule has 0 radical (unpaired) electrons. The normalized spacial score (nSPS) is 10.8. The third kappa shape index (κ3) is 3.84. The summed E-state index contributed by atoms with van der Waals surface area (Å²) in [5.41, 5.74) is 1.87. The quantitative estimate of drug-likeness (QED) is 0.747. The maximum atomic E-state index is 12.9. The maximum Gasteiger partial charge on any atom is 0.238 e. The summed E-state index contributed by atoms with van der Waals surface area (Å²) < 4.78 is 5.03. The summed E-state index contributed by atoms with van der Waals surface area (Å²) >= 11 is 1.31. The van der Waals surface area contributed by atoms with Gasteiger partial charge in [0, 0.05) is 7.11 Å². The largest absolute Gasteiger partial charge is 0.377 e. The fraction of sp³-hybridized carbons (Fsp3) is 0.167. The first-order valence-electron chi connectivity index (χ1n) is 7.50. The Morgan fingerprint density at radius 2 is 1.62 bits per heavy atom. The first-order valence-corrected chi connectivity index (χ1v) is 8.31. The van der Waals surface area contributed by atoms with Crippen LogP contribution in [0, 0.1) is 0 Å². The molecule has 0 saturated heterocycles. The van der Waals surface area contributed by atoms with Gasteiger partial charge in [-0.1, -0.05) is 72.0 Å². The summed E-state index contributed by atoms with van der Waals surface area (Å²) in [5.74, 6) is -0.533. The average molecular weight is 339 g/mol. The molecular weight excluding hydrogens is 322 g/mol. The summed E-state index contributed by atoms with van der Waals surface area (Å²) in [4.78, 5) is 12.9. The van der Waals surface area contributed by atoms with Crippen LogP contribution in [0.4, 0.5) is 5.13 Å². The summed E-state index contributed by atoms with van der Waals surface area (Å²) in [6.45, 7) is 0.383. The molecule has 0 atom stereocenters. The van der Waals surface area contributed by atoms with Gasteiger partial charge in [0.05, 0.1) is 5.92 Å². The minimum absolute atomic E-state index is 0.132. The zero-order chi connectivity index (χ0) is 16.8. The van der Waals surface area contributed by atoms with Gasteiger partial charge < -0.3 is 4.74 Å². The van der Waals surface area contributed by atoms with Crippen molar-refractivity contribution in [2.75, 3.05) is 12.4 Å². The van der Waals surface area contributed by atoms with Gasteiger partial charge in [0.25, 0.3) is 0 Å². The Hall–Kier alpha value is -2.57. The van der Waals surface area contributed by atoms with Crippen molar-refractivity contribution in [3.8, 4) is 0 Å². The number of anilines is 1. The van der Waals surface area contributed by atoms with Crippen LogP contribution in [0.1, 0.15) is 22.1 Å². The molecule has 6 heteroatoms. The number of hydrogen-bond acceptors (Lipinski definition) is 5. The van der Waals surface area contributed by atoms with Crippen LogP contribution >= 0.6 is 11.3 Å². The minimum Gasteiger partial charge on any atom is -0.377 e. The van der Waals surface area contributed by atoms with Gasteiger partial charge in [-0.2, -0.15) is 0 Å². The molecule has 24 heavy (non-hydrogen) atoms. The molecule has 0 unspecified atom stereocenters. The topological polar surface area (TPSA) is 64.1 Å². The lowest BCUT2D eigenvalue weighted by atomic mass is 9.90. The van der Waals surface area contributed by atoms with Crippen molar-refractivity contribution >= 4 is 22.4 Å². The molecule has 1 N–H and O–H groups in total. The summed E-state index contributed by atoms with van der Waals surface area (Å²) in [7, 11) is 1.60. The van der Waals surface area contributed by atoms with E-state index >= 15 is 0 Å². The van der Waals surface area contributed by atoms with E-state index in [4.69, 9.17) is 4.74 Å². The van der Waals surface area contributed by atoms with Crippen LogP contribution in [0.3, 0.4) is 0 Å². The van der Waals surface area contributed by atoms with Crippen molar-refractivity contribution in [2.24, 2.45) is 0 Å². The molecule has 1 aromatic heterocycles. The van der Waals surface area contributed by atoms with Crippen LogP contribution in [0.2, 0.25) is 0 Å². The van der Waals surface area contributed by atoms with Gasteiger partial charge in [0.1, 0.15) is 11.6 Å². The highest BCUT2D eigenvalue weighted by Crippen LogP contribution is 2.27. The number of rotatable bonds is 6. The molecule has 0 bridgehead atoms. The van der Waals surface area contributed by atoms with E-state index in [0.29, 0.717) is 11.7 Å². The Morgan fingerprint density at radius 1 is 1.04 bits per heavy atom. The van der Waals surface area contributed by atoms with Gasteiger partial charge in [-0.3, -0.25) is 10.1 Å². The Labute approximate surface area is 144 Å². The molecule has 0 saturated carbocycles. The second-order valence-corrected chi connectivity index (χ2v) is 6.24. The first kappa shape index (κ1) is 16.3. The number of ether oxygens (including phenoxy) is 1. The van der Waals surface area contributed by atoms with E-state index in [0.717, 1.165) is 16.1 Å². The van der Waals surface area contributed by atoms with Crippen LogP contribution in [-0.4, -0.2) is 23.2 Å². The molecule has 0 aliphatic heterocycles. The van der Waals surface area contributed by atoms with Crippen molar-refractivity contribution in [2.45, 2.75) is 12.5 Å². The predicted molar refractivity (Wildman–Crippen MR) is 94.0 cm³/mol. The number of carbonyl (C=O) groups is 1. The maximum absolute atomic E-state index is 12.9. The fourth-order valence-electron chi connectivity index (χ4n) is 2.45. The van der Waals surface area contributed by atoms with Gasteiger partial charge >= 0.3 is 0 Å². The number of aromatic nitrogens is 2. The molecule has 122 valence electrons. The highest BCUT2D eigenvalue weighted by Gasteiger charge is 2.23. The molecule has 0 aliphatic rings. The van der Waals surface area contributed by atoms with Crippen LogP contribution < -0.4 is 5.32 Å². The Bertz CT molecular complexity index is 751. The molecule has 1 heterocycles. The number of nitrogens with one attached hydrogen (secondary N) is 1. The highest BCUT2D eigenvalue weighted by molar-refractivity contribution is 7.15. The molecule has 0 spiro atoms. The lowest BCUT2D eigenvalue weighted by molar-refractivity contribution is -0.116. The molecular formula is C18H17N3O2S. The molecule has 1 amide bonds. The zero-order valence-electron chi connectivity index (χ0n) is 13.2. The second-order valence-electron chi connectivity index (χ2n) is 5.18. The van der Waals surface area contributed by atoms with Gasteiger partial charge in [-0.25, -0.2) is 0 Å². The smallest absolute Gasteiger partial charge is 0.238 e. The average Bonchev–Trinajstić information content (AvgIpc) is 3.04. The standard InChI is InChI=1S/C18H17N3O2S/c1-23-12-15-20-21-18(24-15)19-17(22)16(13-8-4-2-5-9-13)14-10-6-3-7-11-14/h2-11,16H,12H2,1H3,(H,19,21,22). The monoisotopic (exact) mass is 339 g/mol. The summed E-state index contributed by atoms with van der Waals surface area (Å²) in [5, 5.41) is 12.1. The van der Waals surface area contributed by atoms with Crippen molar-refractivity contribution in [1.29, 1.82) is 0 Å². The van der Waals surface area contributed by atoms with E-state index in [1.54, 1.807) is 7.11 Å². The van der Waals surface area contributed by atoms with Gasteiger partial charge in [0.2, 0.25) is 11.0 Å². The van der Waals surface area contributed by atoms with Crippen LogP contribution in [0.25, 0.3) is 0 Å². The lowest BCUT2D eigenvalue weighted by Gasteiger charge is -2.16. The van der Waals surface area contributed by atoms with Gasteiger partial charge in [0.15, 0.2) is 0 Å². The molecule has 5 nitrogen and oxygen atoms in total. The van der Waals surface area contributed by atoms with Crippen molar-refractivity contribution in [1.82, 2.24) is 10.2 Å². The Kier molecular flexibility index (Phi) is 5.30. The van der Waals surface area contributed by atoms with E-state index in [2.05, 4.69) is 15.5 Å². The van der Waals surface area contributed by atoms with Crippen molar-refractivity contribution in [3.05, 3.63) is 76.8 Å². The first-order chi connectivity index (χ1) is 11.8. The van der Waals surface area contributed by atoms with E-state index in [1.807, 2.05) is 60.7 Å². The molecule has 3 rings (SSSR count). The summed E-state index contributed by atoms with van der Waals surface area (Å²) in [6.07, 6.45) is 0. The zero-order valence-corrected chi connectivity index (χ0v) is 14.0. The van der Waals surface area contributed by atoms with Crippen molar-refractivity contribution < 1.29 is 9.53 Å². The van der Waals surface area contributed by atoms with Crippen LogP contribution in [0.15, 0.2) is 60.7 Å². The Balaban J connectivity index is 1.86. The number of benzene rings is 2. The minimum atomic E-state index is -0.401. The molecule has 2 aromatic carbocycles. The number of carbonyl (C=O) groups excluding carboxylic acids is 1. The van der Waals surface area contributed by atoms with E-state index in [9.17, 15) is 4.79 Å². The van der Waals surface area contributed by atoms with Crippen LogP contribution in [-0.2, 0) is 16.1 Å². The van der Waals surface area contributed by atoms with Crippen LogP contribution in [0.5, 0.6) is 0 Å². The molecule has 3 aromatic rings. The van der Waals surface area contributed by atoms with E-state index < -0.39 is 5.92 Å². The van der Waals surface area contributed by atoms with Crippen molar-refractivity contribution in [3.63, 3.8) is 0 Å². The third-order valence-electron chi connectivity index (χ3n) is 3.49. The number of hydrogen-bond donors (Lipinski definition) is 1. The Morgan fingerprint density at radius 3 is 2.17 bits per heavy atom. The number of nitrogens with zero attached hydrogens (tertiary/aromatic N) is 2. The molecule has 0 fully saturated rings. The fourth-order valence-corrected chi connectivity index (χ4v) is 3.16. The van der Waals surface area contributed by atoms with E-state index in [1.165, 1.54) is 11.3 Å². The van der Waals surface area contributed by atoms with E-state index in [-0.39, 0.29) is 5.91 Å². The SMILES string of the molecule is COCc1nnc(NC(=O)C(c2ccccc2)c2ccccc2)s1. The van der Waals surface area contributed by atoms with Gasteiger partial charge in [-0.15, -0.1) is 10.2 Å². The number of methoxy groups -OCH3 is 1. The highest BCUT2D eigenvalue weighted by atomic mass is 32.1. The third-order valence-corrected chi connectivity index (χ3v) is 4.30. The number of amides is 1. The predicted octanol–water partition coefficient (Wildman–Crippen LogP) is 3.46. The van der Waals surface area contributed by atoms with Gasteiger partial charge in [-0.05, 0) is 11.1 Å².